The maximum absolute atomic E-state index is 13.8. The molecule has 2 aromatic carbocycles. The van der Waals surface area contributed by atoms with E-state index in [0.717, 1.165) is 17.5 Å². The number of carbonyl (C=O) groups excluding carboxylic acids is 2. The minimum Gasteiger partial charge on any atom is -0.343 e. The molecule has 1 fully saturated rings. The molecule has 0 aliphatic carbocycles. The van der Waals surface area contributed by atoms with E-state index in [1.165, 1.54) is 12.1 Å². The molecule has 4 rings (SSSR count). The molecule has 2 heterocycles. The molecule has 0 atom stereocenters. The Morgan fingerprint density at radius 1 is 1.00 bits per heavy atom. The summed E-state index contributed by atoms with van der Waals surface area (Å²) in [7, 11) is 0. The summed E-state index contributed by atoms with van der Waals surface area (Å²) >= 11 is 0. The van der Waals surface area contributed by atoms with Gasteiger partial charge in [-0.25, -0.2) is 4.39 Å². The molecule has 0 unspecified atom stereocenters. The number of nitrogens with zero attached hydrogens (tertiary/aromatic N) is 2. The van der Waals surface area contributed by atoms with Crippen molar-refractivity contribution in [3.8, 4) is 0 Å². The van der Waals surface area contributed by atoms with Crippen LogP contribution in [0.3, 0.4) is 0 Å². The Labute approximate surface area is 158 Å². The fourth-order valence-electron chi connectivity index (χ4n) is 4.41. The van der Waals surface area contributed by atoms with Gasteiger partial charge in [0.1, 0.15) is 5.82 Å². The van der Waals surface area contributed by atoms with Crippen LogP contribution in [0.4, 0.5) is 10.1 Å². The highest BCUT2D eigenvalue weighted by atomic mass is 19.1. The molecule has 0 spiro atoms. The number of benzene rings is 2. The van der Waals surface area contributed by atoms with Gasteiger partial charge in [-0.05, 0) is 42.5 Å². The Bertz CT molecular complexity index is 873. The van der Waals surface area contributed by atoms with Gasteiger partial charge in [-0.15, -0.1) is 0 Å². The van der Waals surface area contributed by atoms with Gasteiger partial charge in [-0.1, -0.05) is 36.4 Å². The van der Waals surface area contributed by atoms with Gasteiger partial charge in [-0.3, -0.25) is 9.59 Å². The second kappa shape index (κ2) is 6.80. The van der Waals surface area contributed by atoms with Crippen molar-refractivity contribution in [3.05, 3.63) is 65.5 Å². The highest BCUT2D eigenvalue weighted by Crippen LogP contribution is 2.40. The van der Waals surface area contributed by atoms with E-state index in [9.17, 15) is 14.0 Å². The van der Waals surface area contributed by atoms with E-state index >= 15 is 0 Å². The van der Waals surface area contributed by atoms with Gasteiger partial charge in [0, 0.05) is 32.2 Å². The molecule has 1 saturated heterocycles. The average Bonchev–Trinajstić information content (AvgIpc) is 3.11. The van der Waals surface area contributed by atoms with Crippen molar-refractivity contribution in [3.63, 3.8) is 0 Å². The van der Waals surface area contributed by atoms with E-state index in [4.69, 9.17) is 0 Å². The maximum atomic E-state index is 13.8. The van der Waals surface area contributed by atoms with Crippen molar-refractivity contribution >= 4 is 17.5 Å². The number of hydrogen-bond donors (Lipinski definition) is 0. The van der Waals surface area contributed by atoms with Crippen LogP contribution in [0.1, 0.15) is 30.9 Å². The third kappa shape index (κ3) is 3.01. The summed E-state index contributed by atoms with van der Waals surface area (Å²) in [4.78, 5) is 29.1. The predicted molar refractivity (Wildman–Crippen MR) is 102 cm³/mol. The quantitative estimate of drug-likeness (QED) is 0.818. The van der Waals surface area contributed by atoms with Crippen LogP contribution < -0.4 is 4.90 Å². The van der Waals surface area contributed by atoms with Gasteiger partial charge in [0.25, 0.3) is 0 Å². The Kier molecular flexibility index (Phi) is 4.46. The van der Waals surface area contributed by atoms with Gasteiger partial charge >= 0.3 is 0 Å². The van der Waals surface area contributed by atoms with Crippen LogP contribution in [0.15, 0.2) is 48.5 Å². The Balaban J connectivity index is 1.72. The zero-order valence-electron chi connectivity index (χ0n) is 15.5. The highest BCUT2D eigenvalue weighted by molar-refractivity contribution is 6.03. The van der Waals surface area contributed by atoms with Crippen LogP contribution in [0, 0.1) is 5.82 Å². The summed E-state index contributed by atoms with van der Waals surface area (Å²) in [6, 6.07) is 14.5. The molecule has 2 aromatic rings. The van der Waals surface area contributed by atoms with Crippen LogP contribution in [0.5, 0.6) is 0 Å². The van der Waals surface area contributed by atoms with Crippen molar-refractivity contribution in [2.24, 2.45) is 0 Å². The molecular weight excluding hydrogens is 343 g/mol. The molecule has 0 radical (unpaired) electrons. The second-order valence-corrected chi connectivity index (χ2v) is 7.43. The van der Waals surface area contributed by atoms with Crippen LogP contribution >= 0.6 is 0 Å². The van der Waals surface area contributed by atoms with Crippen molar-refractivity contribution in [1.29, 1.82) is 0 Å². The Morgan fingerprint density at radius 2 is 1.70 bits per heavy atom. The summed E-state index contributed by atoms with van der Waals surface area (Å²) in [5.41, 5.74) is 1.99. The maximum Gasteiger partial charge on any atom is 0.237 e. The standard InChI is InChI=1S/C22H23FN2O2/c1-16(26)24-13-10-22(11-14-24,18-5-3-2-4-6-18)21(27)25-12-9-17-7-8-19(23)15-20(17)25/h2-8,15H,9-14H2,1H3. The molecule has 0 saturated carbocycles. The molecule has 27 heavy (non-hydrogen) atoms. The number of likely N-dealkylation sites (tertiary alicyclic amines) is 1. The van der Waals surface area contributed by atoms with Gasteiger partial charge in [0.15, 0.2) is 0 Å². The first kappa shape index (κ1) is 17.7. The monoisotopic (exact) mass is 366 g/mol. The highest BCUT2D eigenvalue weighted by Gasteiger charge is 2.46. The van der Waals surface area contributed by atoms with Gasteiger partial charge < -0.3 is 9.80 Å². The van der Waals surface area contributed by atoms with Crippen molar-refractivity contribution in [2.45, 2.75) is 31.6 Å². The van der Waals surface area contributed by atoms with Crippen LogP contribution in [0.25, 0.3) is 0 Å². The first-order chi connectivity index (χ1) is 13.0. The number of halogens is 1. The number of rotatable bonds is 2. The van der Waals surface area contributed by atoms with Crippen molar-refractivity contribution < 1.29 is 14.0 Å². The molecule has 5 heteroatoms. The molecule has 2 aliphatic heterocycles. The lowest BCUT2D eigenvalue weighted by molar-refractivity contribution is -0.134. The van der Waals surface area contributed by atoms with E-state index in [2.05, 4.69) is 0 Å². The third-order valence-corrected chi connectivity index (χ3v) is 5.99. The number of anilines is 1. The first-order valence-electron chi connectivity index (χ1n) is 9.43. The summed E-state index contributed by atoms with van der Waals surface area (Å²) in [6.45, 7) is 3.25. The molecule has 4 nitrogen and oxygen atoms in total. The normalized spacial score (nSPS) is 18.3. The van der Waals surface area contributed by atoms with E-state index < -0.39 is 5.41 Å². The minimum absolute atomic E-state index is 0.0150. The largest absolute Gasteiger partial charge is 0.343 e. The molecule has 0 bridgehead atoms. The summed E-state index contributed by atoms with van der Waals surface area (Å²) in [6.07, 6.45) is 1.90. The first-order valence-corrected chi connectivity index (χ1v) is 9.43. The van der Waals surface area contributed by atoms with E-state index in [1.54, 1.807) is 22.8 Å². The van der Waals surface area contributed by atoms with Crippen LogP contribution in [-0.4, -0.2) is 36.3 Å². The lowest BCUT2D eigenvalue weighted by Gasteiger charge is -2.42. The SMILES string of the molecule is CC(=O)N1CCC(C(=O)N2CCc3ccc(F)cc32)(c2ccccc2)CC1. The number of piperidine rings is 1. The summed E-state index contributed by atoms with van der Waals surface area (Å²) < 4.78 is 13.8. The molecule has 2 amide bonds. The third-order valence-electron chi connectivity index (χ3n) is 5.99. The molecule has 0 N–H and O–H groups in total. The lowest BCUT2D eigenvalue weighted by atomic mass is 9.71. The van der Waals surface area contributed by atoms with Crippen LogP contribution in [-0.2, 0) is 21.4 Å². The fourth-order valence-corrected chi connectivity index (χ4v) is 4.41. The summed E-state index contributed by atoms with van der Waals surface area (Å²) in [5.74, 6) is -0.271. The zero-order valence-corrected chi connectivity index (χ0v) is 15.5. The van der Waals surface area contributed by atoms with Gasteiger partial charge in [-0.2, -0.15) is 0 Å². The fraction of sp³-hybridized carbons (Fsp3) is 0.364. The van der Waals surface area contributed by atoms with Gasteiger partial charge in [0.2, 0.25) is 11.8 Å². The number of carbonyl (C=O) groups is 2. The van der Waals surface area contributed by atoms with Crippen molar-refractivity contribution in [1.82, 2.24) is 4.90 Å². The second-order valence-electron chi connectivity index (χ2n) is 7.43. The molecule has 0 aromatic heterocycles. The molecular formula is C22H23FN2O2. The zero-order chi connectivity index (χ0) is 19.0. The van der Waals surface area contributed by atoms with E-state index in [-0.39, 0.29) is 17.6 Å². The predicted octanol–water partition coefficient (Wildman–Crippen LogP) is 3.30. The molecule has 2 aliphatic rings. The minimum atomic E-state index is -0.679. The number of amides is 2. The topological polar surface area (TPSA) is 40.6 Å². The Hall–Kier alpha value is -2.69. The van der Waals surface area contributed by atoms with Crippen LogP contribution in [0.2, 0.25) is 0 Å². The molecule has 140 valence electrons. The number of hydrogen-bond acceptors (Lipinski definition) is 2. The van der Waals surface area contributed by atoms with E-state index in [0.29, 0.717) is 38.2 Å². The smallest absolute Gasteiger partial charge is 0.237 e. The average molecular weight is 366 g/mol. The van der Waals surface area contributed by atoms with Crippen molar-refractivity contribution in [2.75, 3.05) is 24.5 Å². The Morgan fingerprint density at radius 3 is 2.37 bits per heavy atom. The van der Waals surface area contributed by atoms with E-state index in [1.807, 2.05) is 30.3 Å². The van der Waals surface area contributed by atoms with Gasteiger partial charge in [0.05, 0.1) is 5.41 Å². The number of fused-ring (bicyclic) bond motifs is 1. The lowest BCUT2D eigenvalue weighted by Crippen LogP contribution is -2.53. The summed E-state index contributed by atoms with van der Waals surface area (Å²) in [5, 5.41) is 0.